The van der Waals surface area contributed by atoms with Gasteiger partial charge in [-0.2, -0.15) is 0 Å². The van der Waals surface area contributed by atoms with Crippen molar-refractivity contribution in [1.29, 1.82) is 0 Å². The smallest absolute Gasteiger partial charge is 0.254 e. The number of piperidine rings is 1. The Kier molecular flexibility index (Phi) is 4.41. The van der Waals surface area contributed by atoms with Crippen molar-refractivity contribution in [3.63, 3.8) is 0 Å². The van der Waals surface area contributed by atoms with Gasteiger partial charge in [-0.15, -0.1) is 0 Å². The van der Waals surface area contributed by atoms with Gasteiger partial charge in [0, 0.05) is 24.7 Å². The van der Waals surface area contributed by atoms with E-state index >= 15 is 0 Å². The van der Waals surface area contributed by atoms with Crippen LogP contribution in [0.1, 0.15) is 30.6 Å². The molecule has 3 aromatic rings. The summed E-state index contributed by atoms with van der Waals surface area (Å²) < 4.78 is 0. The molecule has 4 heteroatoms. The first-order valence-electron chi connectivity index (χ1n) is 9.22. The van der Waals surface area contributed by atoms with Crippen LogP contribution in [-0.4, -0.2) is 33.9 Å². The van der Waals surface area contributed by atoms with Crippen molar-refractivity contribution in [2.75, 3.05) is 13.1 Å². The molecule has 2 aromatic heterocycles. The Morgan fingerprint density at radius 2 is 1.73 bits per heavy atom. The second kappa shape index (κ2) is 6.87. The van der Waals surface area contributed by atoms with E-state index in [1.165, 1.54) is 6.42 Å². The second-order valence-corrected chi connectivity index (χ2v) is 7.44. The maximum atomic E-state index is 13.4. The Hall–Kier alpha value is -2.75. The Labute approximate surface area is 153 Å². The zero-order chi connectivity index (χ0) is 18.1. The topological polar surface area (TPSA) is 46.1 Å². The van der Waals surface area contributed by atoms with Crippen molar-refractivity contribution in [2.24, 2.45) is 11.8 Å². The molecule has 2 atom stereocenters. The number of benzene rings is 1. The van der Waals surface area contributed by atoms with Crippen LogP contribution >= 0.6 is 0 Å². The van der Waals surface area contributed by atoms with Crippen LogP contribution in [-0.2, 0) is 0 Å². The standard InChI is InChI=1S/C22H23N3O/c1-15-11-16(2)14-25(13-15)22(26)18-12-21(20-9-5-6-10-23-20)24-19-8-4-3-7-17(18)19/h3-10,12,15-16H,11,13-14H2,1-2H3/t15-,16+. The highest BCUT2D eigenvalue weighted by molar-refractivity contribution is 6.07. The molecule has 0 unspecified atom stereocenters. The largest absolute Gasteiger partial charge is 0.338 e. The van der Waals surface area contributed by atoms with Crippen LogP contribution in [0.15, 0.2) is 54.7 Å². The lowest BCUT2D eigenvalue weighted by Crippen LogP contribution is -2.42. The number of pyridine rings is 2. The molecule has 1 amide bonds. The molecule has 1 aromatic carbocycles. The molecule has 0 N–H and O–H groups in total. The number of amides is 1. The van der Waals surface area contributed by atoms with Gasteiger partial charge in [0.05, 0.1) is 22.5 Å². The number of fused-ring (bicyclic) bond motifs is 1. The number of rotatable bonds is 2. The minimum absolute atomic E-state index is 0.0965. The number of carbonyl (C=O) groups is 1. The van der Waals surface area contributed by atoms with Crippen LogP contribution in [0, 0.1) is 11.8 Å². The van der Waals surface area contributed by atoms with Gasteiger partial charge in [-0.05, 0) is 42.5 Å². The molecular formula is C22H23N3O. The van der Waals surface area contributed by atoms with Crippen LogP contribution in [0.2, 0.25) is 0 Å². The maximum absolute atomic E-state index is 13.4. The fourth-order valence-corrected chi connectivity index (χ4v) is 4.00. The molecule has 1 aliphatic heterocycles. The summed E-state index contributed by atoms with van der Waals surface area (Å²) in [6, 6.07) is 15.5. The lowest BCUT2D eigenvalue weighted by atomic mass is 9.91. The lowest BCUT2D eigenvalue weighted by molar-refractivity contribution is 0.0625. The van der Waals surface area contributed by atoms with E-state index in [-0.39, 0.29) is 5.91 Å². The summed E-state index contributed by atoms with van der Waals surface area (Å²) in [6.07, 6.45) is 2.93. The third-order valence-electron chi connectivity index (χ3n) is 5.03. The third kappa shape index (κ3) is 3.19. The number of carbonyl (C=O) groups excluding carboxylic acids is 1. The minimum atomic E-state index is 0.0965. The fraction of sp³-hybridized carbons (Fsp3) is 0.318. The predicted molar refractivity (Wildman–Crippen MR) is 104 cm³/mol. The molecule has 1 fully saturated rings. The molecular weight excluding hydrogens is 322 g/mol. The van der Waals surface area contributed by atoms with Crippen LogP contribution in [0.25, 0.3) is 22.3 Å². The monoisotopic (exact) mass is 345 g/mol. The van der Waals surface area contributed by atoms with E-state index in [1.807, 2.05) is 53.4 Å². The zero-order valence-electron chi connectivity index (χ0n) is 15.2. The van der Waals surface area contributed by atoms with Crippen molar-refractivity contribution in [3.05, 3.63) is 60.3 Å². The second-order valence-electron chi connectivity index (χ2n) is 7.44. The number of nitrogens with zero attached hydrogens (tertiary/aromatic N) is 3. The lowest BCUT2D eigenvalue weighted by Gasteiger charge is -2.35. The van der Waals surface area contributed by atoms with Gasteiger partial charge in [0.25, 0.3) is 5.91 Å². The maximum Gasteiger partial charge on any atom is 0.254 e. The van der Waals surface area contributed by atoms with E-state index in [2.05, 4.69) is 18.8 Å². The molecule has 4 rings (SSSR count). The molecule has 0 saturated carbocycles. The number of para-hydroxylation sites is 1. The van der Waals surface area contributed by atoms with Gasteiger partial charge in [0.15, 0.2) is 0 Å². The third-order valence-corrected chi connectivity index (χ3v) is 5.03. The molecule has 0 radical (unpaired) electrons. The first-order chi connectivity index (χ1) is 12.6. The summed E-state index contributed by atoms with van der Waals surface area (Å²) in [4.78, 5) is 24.5. The van der Waals surface area contributed by atoms with Gasteiger partial charge in [0.2, 0.25) is 0 Å². The van der Waals surface area contributed by atoms with Gasteiger partial charge in [-0.25, -0.2) is 4.98 Å². The van der Waals surface area contributed by atoms with Gasteiger partial charge >= 0.3 is 0 Å². The molecule has 0 aliphatic carbocycles. The van der Waals surface area contributed by atoms with Crippen molar-refractivity contribution >= 4 is 16.8 Å². The normalized spacial score (nSPS) is 20.3. The first kappa shape index (κ1) is 16.7. The summed E-state index contributed by atoms with van der Waals surface area (Å²) in [7, 11) is 0. The quantitative estimate of drug-likeness (QED) is 0.691. The van der Waals surface area contributed by atoms with Crippen LogP contribution in [0.3, 0.4) is 0 Å². The highest BCUT2D eigenvalue weighted by Gasteiger charge is 2.27. The SMILES string of the molecule is C[C@@H]1C[C@H](C)CN(C(=O)c2cc(-c3ccccn3)nc3ccccc23)C1. The fourth-order valence-electron chi connectivity index (χ4n) is 4.00. The van der Waals surface area contributed by atoms with Crippen molar-refractivity contribution in [1.82, 2.24) is 14.9 Å². The number of likely N-dealkylation sites (tertiary alicyclic amines) is 1. The summed E-state index contributed by atoms with van der Waals surface area (Å²) in [5.41, 5.74) is 3.08. The summed E-state index contributed by atoms with van der Waals surface area (Å²) in [6.45, 7) is 6.08. The molecule has 132 valence electrons. The predicted octanol–water partition coefficient (Wildman–Crippen LogP) is 4.41. The molecule has 26 heavy (non-hydrogen) atoms. The molecule has 0 bridgehead atoms. The van der Waals surface area contributed by atoms with Gasteiger partial charge in [0.1, 0.15) is 0 Å². The van der Waals surface area contributed by atoms with Gasteiger partial charge in [-0.3, -0.25) is 9.78 Å². The average molecular weight is 345 g/mol. The van der Waals surface area contributed by atoms with E-state index in [4.69, 9.17) is 4.98 Å². The molecule has 1 aliphatic rings. The van der Waals surface area contributed by atoms with Crippen molar-refractivity contribution in [2.45, 2.75) is 20.3 Å². The summed E-state index contributed by atoms with van der Waals surface area (Å²) >= 11 is 0. The van der Waals surface area contributed by atoms with Gasteiger partial charge < -0.3 is 4.90 Å². The van der Waals surface area contributed by atoms with Crippen LogP contribution < -0.4 is 0 Å². The van der Waals surface area contributed by atoms with Crippen molar-refractivity contribution < 1.29 is 4.79 Å². The first-order valence-corrected chi connectivity index (χ1v) is 9.22. The molecule has 3 heterocycles. The number of hydrogen-bond donors (Lipinski definition) is 0. The van der Waals surface area contributed by atoms with Crippen LogP contribution in [0.4, 0.5) is 0 Å². The Morgan fingerprint density at radius 3 is 2.46 bits per heavy atom. The van der Waals surface area contributed by atoms with E-state index in [1.54, 1.807) is 6.20 Å². The highest BCUT2D eigenvalue weighted by Crippen LogP contribution is 2.27. The molecule has 1 saturated heterocycles. The van der Waals surface area contributed by atoms with Gasteiger partial charge in [-0.1, -0.05) is 38.1 Å². The Bertz CT molecular complexity index is 929. The number of aromatic nitrogens is 2. The van der Waals surface area contributed by atoms with E-state index in [9.17, 15) is 4.79 Å². The zero-order valence-corrected chi connectivity index (χ0v) is 15.2. The number of hydrogen-bond acceptors (Lipinski definition) is 3. The highest BCUT2D eigenvalue weighted by atomic mass is 16.2. The van der Waals surface area contributed by atoms with E-state index in [0.717, 1.165) is 40.9 Å². The molecule has 4 nitrogen and oxygen atoms in total. The van der Waals surface area contributed by atoms with Crippen molar-refractivity contribution in [3.8, 4) is 11.4 Å². The Morgan fingerprint density at radius 1 is 1.00 bits per heavy atom. The summed E-state index contributed by atoms with van der Waals surface area (Å²) in [5, 5.41) is 0.906. The van der Waals surface area contributed by atoms with Crippen LogP contribution in [0.5, 0.6) is 0 Å². The summed E-state index contributed by atoms with van der Waals surface area (Å²) in [5.74, 6) is 1.16. The molecule has 0 spiro atoms. The average Bonchev–Trinajstić information content (AvgIpc) is 2.66. The minimum Gasteiger partial charge on any atom is -0.338 e. The van der Waals surface area contributed by atoms with E-state index < -0.39 is 0 Å². The van der Waals surface area contributed by atoms with E-state index in [0.29, 0.717) is 11.8 Å². The Balaban J connectivity index is 1.81.